The standard InChI is InChI=1S/C16H11BrF2N2/c17-13-6-16(15(19)7-14(13)18)21-9-11-3-1-2-10-8-20-5-4-12(10)11/h1-8,21H,9H2. The van der Waals surface area contributed by atoms with Gasteiger partial charge in [0, 0.05) is 30.4 Å². The zero-order valence-corrected chi connectivity index (χ0v) is 12.5. The van der Waals surface area contributed by atoms with Crippen molar-refractivity contribution >= 4 is 32.4 Å². The van der Waals surface area contributed by atoms with Crippen LogP contribution in [0.1, 0.15) is 5.56 Å². The Morgan fingerprint density at radius 1 is 1.10 bits per heavy atom. The minimum atomic E-state index is -0.616. The molecule has 1 aromatic heterocycles. The number of benzene rings is 2. The molecular weight excluding hydrogens is 338 g/mol. The van der Waals surface area contributed by atoms with Crippen LogP contribution in [0.4, 0.5) is 14.5 Å². The summed E-state index contributed by atoms with van der Waals surface area (Å²) in [6, 6.07) is 10.0. The first-order valence-electron chi connectivity index (χ1n) is 6.35. The molecule has 0 atom stereocenters. The van der Waals surface area contributed by atoms with Crippen molar-refractivity contribution < 1.29 is 8.78 Å². The molecular formula is C16H11BrF2N2. The summed E-state index contributed by atoms with van der Waals surface area (Å²) in [5.74, 6) is -1.23. The lowest BCUT2D eigenvalue weighted by atomic mass is 10.1. The minimum absolute atomic E-state index is 0.230. The van der Waals surface area contributed by atoms with Crippen molar-refractivity contribution in [2.75, 3.05) is 5.32 Å². The molecule has 3 aromatic rings. The number of hydrogen-bond donors (Lipinski definition) is 1. The van der Waals surface area contributed by atoms with E-state index < -0.39 is 11.6 Å². The maximum Gasteiger partial charge on any atom is 0.149 e. The topological polar surface area (TPSA) is 24.9 Å². The molecule has 0 amide bonds. The Morgan fingerprint density at radius 2 is 1.95 bits per heavy atom. The molecule has 0 fully saturated rings. The largest absolute Gasteiger partial charge is 0.379 e. The van der Waals surface area contributed by atoms with Crippen LogP contribution < -0.4 is 5.32 Å². The fourth-order valence-electron chi connectivity index (χ4n) is 2.19. The van der Waals surface area contributed by atoms with E-state index in [1.165, 1.54) is 6.07 Å². The van der Waals surface area contributed by atoms with Gasteiger partial charge < -0.3 is 5.32 Å². The lowest BCUT2D eigenvalue weighted by molar-refractivity contribution is 0.580. The third-order valence-corrected chi connectivity index (χ3v) is 3.86. The van der Waals surface area contributed by atoms with Gasteiger partial charge in [0.1, 0.15) is 11.6 Å². The highest BCUT2D eigenvalue weighted by molar-refractivity contribution is 9.10. The van der Waals surface area contributed by atoms with Gasteiger partial charge in [0.2, 0.25) is 0 Å². The minimum Gasteiger partial charge on any atom is -0.379 e. The molecule has 21 heavy (non-hydrogen) atoms. The normalized spacial score (nSPS) is 10.8. The van der Waals surface area contributed by atoms with Crippen molar-refractivity contribution in [1.29, 1.82) is 0 Å². The molecule has 1 N–H and O–H groups in total. The van der Waals surface area contributed by atoms with Crippen LogP contribution in [0.5, 0.6) is 0 Å². The molecule has 0 radical (unpaired) electrons. The van der Waals surface area contributed by atoms with Gasteiger partial charge in [0.05, 0.1) is 10.2 Å². The molecule has 0 spiro atoms. The van der Waals surface area contributed by atoms with Crippen LogP contribution in [0, 0.1) is 11.6 Å². The van der Waals surface area contributed by atoms with Crippen LogP contribution in [0.25, 0.3) is 10.8 Å². The van der Waals surface area contributed by atoms with E-state index >= 15 is 0 Å². The molecule has 1 heterocycles. The summed E-state index contributed by atoms with van der Waals surface area (Å²) < 4.78 is 27.2. The number of rotatable bonds is 3. The van der Waals surface area contributed by atoms with Gasteiger partial charge in [-0.25, -0.2) is 8.78 Å². The van der Waals surface area contributed by atoms with E-state index in [9.17, 15) is 8.78 Å². The van der Waals surface area contributed by atoms with Crippen molar-refractivity contribution in [3.8, 4) is 0 Å². The summed E-state index contributed by atoms with van der Waals surface area (Å²) in [6.07, 6.45) is 3.51. The van der Waals surface area contributed by atoms with Gasteiger partial charge in [0.25, 0.3) is 0 Å². The molecule has 3 rings (SSSR count). The Morgan fingerprint density at radius 3 is 2.81 bits per heavy atom. The third kappa shape index (κ3) is 2.88. The molecule has 106 valence electrons. The van der Waals surface area contributed by atoms with E-state index in [2.05, 4.69) is 26.2 Å². The highest BCUT2D eigenvalue weighted by Gasteiger charge is 2.08. The predicted molar refractivity (Wildman–Crippen MR) is 83.1 cm³/mol. The van der Waals surface area contributed by atoms with Crippen molar-refractivity contribution in [2.45, 2.75) is 6.54 Å². The molecule has 0 aliphatic rings. The van der Waals surface area contributed by atoms with Gasteiger partial charge in [-0.2, -0.15) is 0 Å². The Labute approximate surface area is 129 Å². The van der Waals surface area contributed by atoms with Crippen LogP contribution in [0.15, 0.2) is 53.3 Å². The number of halogens is 3. The number of fused-ring (bicyclic) bond motifs is 1. The van der Waals surface area contributed by atoms with Crippen molar-refractivity contribution in [3.05, 3.63) is 70.5 Å². The quantitative estimate of drug-likeness (QED) is 0.681. The second-order valence-corrected chi connectivity index (χ2v) is 5.47. The molecule has 2 nitrogen and oxygen atoms in total. The zero-order valence-electron chi connectivity index (χ0n) is 10.9. The molecule has 0 saturated carbocycles. The summed E-state index contributed by atoms with van der Waals surface area (Å²) in [5.41, 5.74) is 1.28. The van der Waals surface area contributed by atoms with E-state index in [0.717, 1.165) is 22.4 Å². The van der Waals surface area contributed by atoms with Crippen LogP contribution in [0.3, 0.4) is 0 Å². The van der Waals surface area contributed by atoms with E-state index in [4.69, 9.17) is 0 Å². The number of aromatic nitrogens is 1. The fourth-order valence-corrected chi connectivity index (χ4v) is 2.54. The van der Waals surface area contributed by atoms with Gasteiger partial charge in [0.15, 0.2) is 0 Å². The van der Waals surface area contributed by atoms with Crippen LogP contribution >= 0.6 is 15.9 Å². The Balaban J connectivity index is 1.89. The predicted octanol–water partition coefficient (Wildman–Crippen LogP) is 4.89. The zero-order chi connectivity index (χ0) is 14.8. The van der Waals surface area contributed by atoms with Gasteiger partial charge in [-0.1, -0.05) is 18.2 Å². The SMILES string of the molecule is Fc1cc(F)c(NCc2cccc3cnccc23)cc1Br. The third-order valence-electron chi connectivity index (χ3n) is 3.25. The second kappa shape index (κ2) is 5.77. The summed E-state index contributed by atoms with van der Waals surface area (Å²) in [4.78, 5) is 4.08. The van der Waals surface area contributed by atoms with E-state index in [1.807, 2.05) is 24.3 Å². The average Bonchev–Trinajstić information content (AvgIpc) is 2.49. The molecule has 0 aliphatic carbocycles. The number of hydrogen-bond acceptors (Lipinski definition) is 2. The van der Waals surface area contributed by atoms with Crippen LogP contribution in [0.2, 0.25) is 0 Å². The van der Waals surface area contributed by atoms with Crippen molar-refractivity contribution in [1.82, 2.24) is 4.98 Å². The second-order valence-electron chi connectivity index (χ2n) is 4.61. The molecule has 0 bridgehead atoms. The van der Waals surface area contributed by atoms with E-state index in [0.29, 0.717) is 6.54 Å². The smallest absolute Gasteiger partial charge is 0.149 e. The highest BCUT2D eigenvalue weighted by atomic mass is 79.9. The first-order chi connectivity index (χ1) is 10.1. The van der Waals surface area contributed by atoms with Gasteiger partial charge in [-0.3, -0.25) is 4.98 Å². The number of nitrogens with zero attached hydrogens (tertiary/aromatic N) is 1. The molecule has 2 aromatic carbocycles. The summed E-state index contributed by atoms with van der Waals surface area (Å²) in [5, 5.41) is 5.08. The Hall–Kier alpha value is -2.01. The fraction of sp³-hybridized carbons (Fsp3) is 0.0625. The number of nitrogens with one attached hydrogen (secondary N) is 1. The lowest BCUT2D eigenvalue weighted by Crippen LogP contribution is -2.03. The molecule has 0 saturated heterocycles. The van der Waals surface area contributed by atoms with E-state index in [1.54, 1.807) is 12.4 Å². The molecule has 0 unspecified atom stereocenters. The van der Waals surface area contributed by atoms with Gasteiger partial charge in [-0.15, -0.1) is 0 Å². The first-order valence-corrected chi connectivity index (χ1v) is 7.14. The Kier molecular flexibility index (Phi) is 3.84. The number of anilines is 1. The monoisotopic (exact) mass is 348 g/mol. The molecule has 5 heteroatoms. The first kappa shape index (κ1) is 13.9. The van der Waals surface area contributed by atoms with Crippen molar-refractivity contribution in [2.24, 2.45) is 0 Å². The summed E-state index contributed by atoms with van der Waals surface area (Å²) in [6.45, 7) is 0.441. The summed E-state index contributed by atoms with van der Waals surface area (Å²) >= 11 is 3.06. The maximum atomic E-state index is 13.7. The van der Waals surface area contributed by atoms with Crippen LogP contribution in [-0.4, -0.2) is 4.98 Å². The average molecular weight is 349 g/mol. The highest BCUT2D eigenvalue weighted by Crippen LogP contribution is 2.25. The summed E-state index contributed by atoms with van der Waals surface area (Å²) in [7, 11) is 0. The molecule has 0 aliphatic heterocycles. The van der Waals surface area contributed by atoms with Gasteiger partial charge >= 0.3 is 0 Å². The lowest BCUT2D eigenvalue weighted by Gasteiger charge is -2.10. The maximum absolute atomic E-state index is 13.7. The van der Waals surface area contributed by atoms with Gasteiger partial charge in [-0.05, 0) is 39.0 Å². The van der Waals surface area contributed by atoms with Crippen molar-refractivity contribution in [3.63, 3.8) is 0 Å². The number of pyridine rings is 1. The Bertz CT molecular complexity index is 800. The van der Waals surface area contributed by atoms with Crippen LogP contribution in [-0.2, 0) is 6.54 Å². The van der Waals surface area contributed by atoms with E-state index in [-0.39, 0.29) is 10.2 Å².